The molecule has 2 heterocycles. The van der Waals surface area contributed by atoms with E-state index in [1.165, 1.54) is 0 Å². The highest BCUT2D eigenvalue weighted by Crippen LogP contribution is 2.27. The molecule has 0 aromatic carbocycles. The summed E-state index contributed by atoms with van der Waals surface area (Å²) in [6.45, 7) is 4.33. The number of hydrogen-bond donors (Lipinski definition) is 2. The molecule has 1 fully saturated rings. The number of nitrogens with two attached hydrogens (primary N) is 1. The molecule has 3 N–H and O–H groups in total. The van der Waals surface area contributed by atoms with E-state index in [1.54, 1.807) is 6.20 Å². The number of nitrogen functional groups attached to an aromatic ring is 1. The fraction of sp³-hybridized carbons (Fsp3) is 0.538. The summed E-state index contributed by atoms with van der Waals surface area (Å²) in [5.41, 5.74) is 7.39. The van der Waals surface area contributed by atoms with E-state index in [-0.39, 0.29) is 5.91 Å². The number of pyridine rings is 1. The van der Waals surface area contributed by atoms with Gasteiger partial charge in [-0.25, -0.2) is 4.98 Å². The van der Waals surface area contributed by atoms with Gasteiger partial charge in [-0.15, -0.1) is 0 Å². The van der Waals surface area contributed by atoms with E-state index in [0.717, 1.165) is 41.8 Å². The molecule has 1 saturated heterocycles. The fourth-order valence-electron chi connectivity index (χ4n) is 2.13. The van der Waals surface area contributed by atoms with Gasteiger partial charge in [-0.2, -0.15) is 0 Å². The van der Waals surface area contributed by atoms with Gasteiger partial charge in [0.25, 0.3) is 0 Å². The molecule has 19 heavy (non-hydrogen) atoms. The van der Waals surface area contributed by atoms with Crippen molar-refractivity contribution >= 4 is 33.3 Å². The number of halogens is 1. The lowest BCUT2D eigenvalue weighted by atomic mass is 10.2. The van der Waals surface area contributed by atoms with E-state index in [0.29, 0.717) is 18.7 Å². The van der Waals surface area contributed by atoms with Gasteiger partial charge in [-0.3, -0.25) is 4.79 Å². The minimum Gasteiger partial charge on any atom is -0.397 e. The zero-order chi connectivity index (χ0) is 13.8. The Morgan fingerprint density at radius 2 is 2.21 bits per heavy atom. The molecule has 0 saturated carbocycles. The first-order valence-electron chi connectivity index (χ1n) is 6.52. The molecule has 0 bridgehead atoms. The van der Waals surface area contributed by atoms with Crippen LogP contribution in [0.4, 0.5) is 11.5 Å². The third kappa shape index (κ3) is 3.37. The molecule has 2 rings (SSSR count). The van der Waals surface area contributed by atoms with Crippen LogP contribution in [0, 0.1) is 6.92 Å². The highest BCUT2D eigenvalue weighted by molar-refractivity contribution is 9.10. The van der Waals surface area contributed by atoms with Crippen LogP contribution in [0.3, 0.4) is 0 Å². The van der Waals surface area contributed by atoms with Crippen molar-refractivity contribution in [2.45, 2.75) is 26.2 Å². The minimum absolute atomic E-state index is 0.216. The third-order valence-electron chi connectivity index (χ3n) is 3.39. The van der Waals surface area contributed by atoms with Crippen molar-refractivity contribution in [3.63, 3.8) is 0 Å². The summed E-state index contributed by atoms with van der Waals surface area (Å²) >= 11 is 3.46. The average molecular weight is 327 g/mol. The summed E-state index contributed by atoms with van der Waals surface area (Å²) in [5, 5.41) is 3.17. The molecule has 6 heteroatoms. The van der Waals surface area contributed by atoms with Crippen molar-refractivity contribution in [3.05, 3.63) is 16.2 Å². The Morgan fingerprint density at radius 3 is 2.89 bits per heavy atom. The monoisotopic (exact) mass is 326 g/mol. The predicted molar refractivity (Wildman–Crippen MR) is 80.0 cm³/mol. The molecule has 0 radical (unpaired) electrons. The fourth-order valence-corrected chi connectivity index (χ4v) is 2.60. The van der Waals surface area contributed by atoms with Crippen LogP contribution >= 0.6 is 15.9 Å². The molecule has 1 aromatic rings. The van der Waals surface area contributed by atoms with E-state index in [9.17, 15) is 4.79 Å². The number of aromatic nitrogens is 1. The van der Waals surface area contributed by atoms with Crippen LogP contribution in [0.15, 0.2) is 10.7 Å². The molecule has 0 spiro atoms. The molecule has 104 valence electrons. The number of nitrogens with zero attached hydrogens (tertiary/aromatic N) is 2. The van der Waals surface area contributed by atoms with E-state index in [2.05, 4.69) is 26.2 Å². The Labute approximate surface area is 121 Å². The second-order valence-corrected chi connectivity index (χ2v) is 5.56. The van der Waals surface area contributed by atoms with Gasteiger partial charge in [0.1, 0.15) is 5.82 Å². The Morgan fingerprint density at radius 1 is 1.53 bits per heavy atom. The van der Waals surface area contributed by atoms with Crippen LogP contribution in [0.1, 0.15) is 24.8 Å². The van der Waals surface area contributed by atoms with Gasteiger partial charge in [-0.05, 0) is 41.3 Å². The first kappa shape index (κ1) is 14.1. The van der Waals surface area contributed by atoms with E-state index in [4.69, 9.17) is 5.73 Å². The topological polar surface area (TPSA) is 71.2 Å². The lowest BCUT2D eigenvalue weighted by molar-refractivity contribution is -0.129. The van der Waals surface area contributed by atoms with Gasteiger partial charge in [0.15, 0.2) is 0 Å². The Kier molecular flexibility index (Phi) is 4.63. The van der Waals surface area contributed by atoms with Gasteiger partial charge in [0.05, 0.1) is 16.4 Å². The largest absolute Gasteiger partial charge is 0.397 e. The molecular weight excluding hydrogens is 308 g/mol. The quantitative estimate of drug-likeness (QED) is 0.889. The molecular formula is C13H19BrN4O. The Balaban J connectivity index is 1.85. The van der Waals surface area contributed by atoms with Crippen LogP contribution in [0.5, 0.6) is 0 Å². The lowest BCUT2D eigenvalue weighted by Gasteiger charge is -2.16. The van der Waals surface area contributed by atoms with Crippen molar-refractivity contribution in [3.8, 4) is 0 Å². The van der Waals surface area contributed by atoms with E-state index >= 15 is 0 Å². The van der Waals surface area contributed by atoms with Gasteiger partial charge < -0.3 is 16.0 Å². The molecule has 0 aliphatic carbocycles. The maximum absolute atomic E-state index is 11.9. The normalized spacial score (nSPS) is 14.7. The summed E-state index contributed by atoms with van der Waals surface area (Å²) in [7, 11) is 0. The van der Waals surface area contributed by atoms with Crippen molar-refractivity contribution in [2.24, 2.45) is 0 Å². The second kappa shape index (κ2) is 6.23. The van der Waals surface area contributed by atoms with Crippen molar-refractivity contribution < 1.29 is 4.79 Å². The van der Waals surface area contributed by atoms with Crippen molar-refractivity contribution in [2.75, 3.05) is 30.7 Å². The van der Waals surface area contributed by atoms with Gasteiger partial charge >= 0.3 is 0 Å². The number of carbonyl (C=O) groups is 1. The maximum Gasteiger partial charge on any atom is 0.224 e. The second-order valence-electron chi connectivity index (χ2n) is 4.77. The van der Waals surface area contributed by atoms with Crippen molar-refractivity contribution in [1.82, 2.24) is 9.88 Å². The number of amides is 1. The SMILES string of the molecule is Cc1c(N)cnc(NCCC(=O)N2CCCC2)c1Br. The average Bonchev–Trinajstić information content (AvgIpc) is 2.92. The summed E-state index contributed by atoms with van der Waals surface area (Å²) in [5.74, 6) is 0.953. The number of nitrogens with one attached hydrogen (secondary N) is 1. The molecule has 1 aliphatic rings. The first-order chi connectivity index (χ1) is 9.09. The minimum atomic E-state index is 0.216. The summed E-state index contributed by atoms with van der Waals surface area (Å²) in [6, 6.07) is 0. The predicted octanol–water partition coefficient (Wildman–Crippen LogP) is 2.16. The van der Waals surface area contributed by atoms with Gasteiger partial charge in [0, 0.05) is 26.1 Å². The Hall–Kier alpha value is -1.30. The van der Waals surface area contributed by atoms with Crippen LogP contribution in [0.25, 0.3) is 0 Å². The van der Waals surface area contributed by atoms with E-state index < -0.39 is 0 Å². The number of carbonyl (C=O) groups excluding carboxylic acids is 1. The highest BCUT2D eigenvalue weighted by Gasteiger charge is 2.17. The van der Waals surface area contributed by atoms with Crippen LogP contribution in [0.2, 0.25) is 0 Å². The zero-order valence-electron chi connectivity index (χ0n) is 11.1. The lowest BCUT2D eigenvalue weighted by Crippen LogP contribution is -2.29. The number of rotatable bonds is 4. The third-order valence-corrected chi connectivity index (χ3v) is 4.36. The number of likely N-dealkylation sites (tertiary alicyclic amines) is 1. The molecule has 0 unspecified atom stereocenters. The summed E-state index contributed by atoms with van der Waals surface area (Å²) in [4.78, 5) is 18.0. The highest BCUT2D eigenvalue weighted by atomic mass is 79.9. The van der Waals surface area contributed by atoms with Gasteiger partial charge in [0.2, 0.25) is 5.91 Å². The van der Waals surface area contributed by atoms with E-state index in [1.807, 2.05) is 11.8 Å². The number of anilines is 2. The number of hydrogen-bond acceptors (Lipinski definition) is 4. The Bertz CT molecular complexity index is 472. The molecule has 1 aliphatic heterocycles. The molecule has 0 atom stereocenters. The maximum atomic E-state index is 11.9. The molecule has 5 nitrogen and oxygen atoms in total. The summed E-state index contributed by atoms with van der Waals surface area (Å²) < 4.78 is 0.862. The standard InChI is InChI=1S/C13H19BrN4O/c1-9-10(15)8-17-13(12(9)14)16-5-4-11(19)18-6-2-3-7-18/h8H,2-7,15H2,1H3,(H,16,17). The summed E-state index contributed by atoms with van der Waals surface area (Å²) in [6.07, 6.45) is 4.38. The van der Waals surface area contributed by atoms with Crippen LogP contribution in [-0.2, 0) is 4.79 Å². The first-order valence-corrected chi connectivity index (χ1v) is 7.31. The molecule has 1 amide bonds. The van der Waals surface area contributed by atoms with Crippen molar-refractivity contribution in [1.29, 1.82) is 0 Å². The van der Waals surface area contributed by atoms with Gasteiger partial charge in [-0.1, -0.05) is 0 Å². The molecule has 1 aromatic heterocycles. The smallest absolute Gasteiger partial charge is 0.224 e. The van der Waals surface area contributed by atoms with Crippen LogP contribution in [-0.4, -0.2) is 35.4 Å². The zero-order valence-corrected chi connectivity index (χ0v) is 12.7. The van der Waals surface area contributed by atoms with Crippen LogP contribution < -0.4 is 11.1 Å².